The SMILES string of the molecule is CN(C)CCCCCCCCCCCN. The van der Waals surface area contributed by atoms with Crippen LogP contribution in [0.1, 0.15) is 57.8 Å². The molecule has 0 aromatic heterocycles. The van der Waals surface area contributed by atoms with Gasteiger partial charge in [-0.25, -0.2) is 0 Å². The van der Waals surface area contributed by atoms with Crippen molar-refractivity contribution in [3.8, 4) is 0 Å². The minimum Gasteiger partial charge on any atom is -0.330 e. The van der Waals surface area contributed by atoms with Gasteiger partial charge in [-0.05, 0) is 40.0 Å². The van der Waals surface area contributed by atoms with Crippen LogP contribution < -0.4 is 5.73 Å². The fourth-order valence-electron chi connectivity index (χ4n) is 1.81. The lowest BCUT2D eigenvalue weighted by molar-refractivity contribution is 0.389. The summed E-state index contributed by atoms with van der Waals surface area (Å²) in [5, 5.41) is 0. The maximum Gasteiger partial charge on any atom is -0.00248 e. The lowest BCUT2D eigenvalue weighted by Gasteiger charge is -2.08. The van der Waals surface area contributed by atoms with Crippen molar-refractivity contribution in [2.24, 2.45) is 5.73 Å². The minimum atomic E-state index is 0.866. The Morgan fingerprint density at radius 3 is 1.47 bits per heavy atom. The van der Waals surface area contributed by atoms with E-state index in [9.17, 15) is 0 Å². The summed E-state index contributed by atoms with van der Waals surface area (Å²) in [6.07, 6.45) is 12.4. The predicted octanol–water partition coefficient (Wildman–Crippen LogP) is 3.02. The lowest BCUT2D eigenvalue weighted by Crippen LogP contribution is -2.12. The van der Waals surface area contributed by atoms with E-state index in [2.05, 4.69) is 19.0 Å². The van der Waals surface area contributed by atoms with Gasteiger partial charge in [-0.15, -0.1) is 0 Å². The van der Waals surface area contributed by atoms with Gasteiger partial charge in [0, 0.05) is 0 Å². The summed E-state index contributed by atoms with van der Waals surface area (Å²) >= 11 is 0. The van der Waals surface area contributed by atoms with Gasteiger partial charge >= 0.3 is 0 Å². The Balaban J connectivity index is 2.87. The molecule has 0 aliphatic heterocycles. The molecule has 2 N–H and O–H groups in total. The van der Waals surface area contributed by atoms with Gasteiger partial charge < -0.3 is 10.6 Å². The molecular weight excluding hydrogens is 184 g/mol. The molecule has 0 heterocycles. The zero-order valence-electron chi connectivity index (χ0n) is 10.8. The first-order valence-electron chi connectivity index (χ1n) is 6.62. The molecule has 0 saturated heterocycles. The summed E-state index contributed by atoms with van der Waals surface area (Å²) < 4.78 is 0. The van der Waals surface area contributed by atoms with Gasteiger partial charge in [0.2, 0.25) is 0 Å². The lowest BCUT2D eigenvalue weighted by atomic mass is 10.1. The van der Waals surface area contributed by atoms with Crippen LogP contribution in [0, 0.1) is 0 Å². The number of hydrogen-bond acceptors (Lipinski definition) is 2. The zero-order valence-corrected chi connectivity index (χ0v) is 10.8. The normalized spacial score (nSPS) is 11.2. The second kappa shape index (κ2) is 12.0. The summed E-state index contributed by atoms with van der Waals surface area (Å²) in [4.78, 5) is 2.27. The van der Waals surface area contributed by atoms with Crippen molar-refractivity contribution < 1.29 is 0 Å². The average molecular weight is 214 g/mol. The highest BCUT2D eigenvalue weighted by molar-refractivity contribution is 4.49. The average Bonchev–Trinajstić information content (AvgIpc) is 2.20. The molecule has 0 radical (unpaired) electrons. The molecule has 0 bridgehead atoms. The first-order chi connectivity index (χ1) is 7.27. The molecule has 0 aromatic rings. The Kier molecular flexibility index (Phi) is 11.9. The fraction of sp³-hybridized carbons (Fsp3) is 1.00. The summed E-state index contributed by atoms with van der Waals surface area (Å²) in [7, 11) is 4.30. The van der Waals surface area contributed by atoms with Crippen LogP contribution in [-0.2, 0) is 0 Å². The molecule has 0 amide bonds. The van der Waals surface area contributed by atoms with E-state index in [0.29, 0.717) is 0 Å². The summed E-state index contributed by atoms with van der Waals surface area (Å²) in [5.74, 6) is 0. The quantitative estimate of drug-likeness (QED) is 0.536. The summed E-state index contributed by atoms with van der Waals surface area (Å²) in [6, 6.07) is 0. The van der Waals surface area contributed by atoms with Crippen LogP contribution in [-0.4, -0.2) is 32.1 Å². The van der Waals surface area contributed by atoms with Gasteiger partial charge in [-0.2, -0.15) is 0 Å². The standard InChI is InChI=1S/C13H30N2/c1-15(2)13-11-9-7-5-3-4-6-8-10-12-14/h3-14H2,1-2H3. The number of unbranched alkanes of at least 4 members (excludes halogenated alkanes) is 8. The third kappa shape index (κ3) is 13.9. The van der Waals surface area contributed by atoms with Crippen molar-refractivity contribution in [3.05, 3.63) is 0 Å². The van der Waals surface area contributed by atoms with Crippen molar-refractivity contribution in [1.29, 1.82) is 0 Å². The van der Waals surface area contributed by atoms with Crippen LogP contribution >= 0.6 is 0 Å². The number of nitrogens with zero attached hydrogens (tertiary/aromatic N) is 1. The van der Waals surface area contributed by atoms with E-state index in [4.69, 9.17) is 5.73 Å². The van der Waals surface area contributed by atoms with E-state index in [1.807, 2.05) is 0 Å². The molecule has 0 aliphatic rings. The van der Waals surface area contributed by atoms with Crippen LogP contribution in [0.2, 0.25) is 0 Å². The van der Waals surface area contributed by atoms with Crippen molar-refractivity contribution in [2.45, 2.75) is 57.8 Å². The highest BCUT2D eigenvalue weighted by Crippen LogP contribution is 2.09. The van der Waals surface area contributed by atoms with Gasteiger partial charge in [0.05, 0.1) is 0 Å². The van der Waals surface area contributed by atoms with Gasteiger partial charge in [-0.3, -0.25) is 0 Å². The highest BCUT2D eigenvalue weighted by atomic mass is 15.0. The van der Waals surface area contributed by atoms with E-state index >= 15 is 0 Å². The minimum absolute atomic E-state index is 0.866. The molecule has 0 saturated carbocycles. The molecule has 0 unspecified atom stereocenters. The summed E-state index contributed by atoms with van der Waals surface area (Å²) in [6.45, 7) is 2.11. The molecule has 15 heavy (non-hydrogen) atoms. The van der Waals surface area contributed by atoms with Gasteiger partial charge in [-0.1, -0.05) is 44.9 Å². The molecule has 0 spiro atoms. The fourth-order valence-corrected chi connectivity index (χ4v) is 1.81. The Labute approximate surface area is 96.2 Å². The Morgan fingerprint density at radius 2 is 1.07 bits per heavy atom. The number of nitrogens with two attached hydrogens (primary N) is 1. The van der Waals surface area contributed by atoms with Crippen LogP contribution in [0.4, 0.5) is 0 Å². The molecule has 0 atom stereocenters. The van der Waals surface area contributed by atoms with Crippen molar-refractivity contribution in [3.63, 3.8) is 0 Å². The molecule has 92 valence electrons. The van der Waals surface area contributed by atoms with Crippen LogP contribution in [0.15, 0.2) is 0 Å². The Morgan fingerprint density at radius 1 is 0.667 bits per heavy atom. The van der Waals surface area contributed by atoms with Crippen molar-refractivity contribution in [1.82, 2.24) is 4.90 Å². The third-order valence-corrected chi connectivity index (χ3v) is 2.81. The monoisotopic (exact) mass is 214 g/mol. The van der Waals surface area contributed by atoms with Gasteiger partial charge in [0.25, 0.3) is 0 Å². The Hall–Kier alpha value is -0.0800. The molecule has 0 fully saturated rings. The van der Waals surface area contributed by atoms with Crippen molar-refractivity contribution >= 4 is 0 Å². The topological polar surface area (TPSA) is 29.3 Å². The van der Waals surface area contributed by atoms with E-state index in [0.717, 1.165) is 6.54 Å². The number of hydrogen-bond donors (Lipinski definition) is 1. The maximum absolute atomic E-state index is 5.44. The third-order valence-electron chi connectivity index (χ3n) is 2.81. The van der Waals surface area contributed by atoms with E-state index in [1.54, 1.807) is 0 Å². The second-order valence-electron chi connectivity index (χ2n) is 4.77. The smallest absolute Gasteiger partial charge is 0.00248 e. The molecule has 2 heteroatoms. The maximum atomic E-state index is 5.44. The highest BCUT2D eigenvalue weighted by Gasteiger charge is 1.93. The van der Waals surface area contributed by atoms with Crippen LogP contribution in [0.25, 0.3) is 0 Å². The van der Waals surface area contributed by atoms with Crippen LogP contribution in [0.3, 0.4) is 0 Å². The van der Waals surface area contributed by atoms with Gasteiger partial charge in [0.1, 0.15) is 0 Å². The van der Waals surface area contributed by atoms with Crippen molar-refractivity contribution in [2.75, 3.05) is 27.2 Å². The molecule has 0 rings (SSSR count). The molecule has 0 aromatic carbocycles. The first-order valence-corrected chi connectivity index (χ1v) is 6.62. The molecular formula is C13H30N2. The largest absolute Gasteiger partial charge is 0.330 e. The van der Waals surface area contributed by atoms with E-state index in [-0.39, 0.29) is 0 Å². The van der Waals surface area contributed by atoms with Crippen LogP contribution in [0.5, 0.6) is 0 Å². The second-order valence-corrected chi connectivity index (χ2v) is 4.77. The van der Waals surface area contributed by atoms with Gasteiger partial charge in [0.15, 0.2) is 0 Å². The zero-order chi connectivity index (χ0) is 11.4. The number of rotatable bonds is 11. The molecule has 0 aliphatic carbocycles. The Bertz CT molecular complexity index is 113. The summed E-state index contributed by atoms with van der Waals surface area (Å²) in [5.41, 5.74) is 5.44. The van der Waals surface area contributed by atoms with E-state index in [1.165, 1.54) is 64.3 Å². The first kappa shape index (κ1) is 14.9. The molecule has 2 nitrogen and oxygen atoms in total. The predicted molar refractivity (Wildman–Crippen MR) is 69.2 cm³/mol. The van der Waals surface area contributed by atoms with E-state index < -0.39 is 0 Å².